The molecule has 0 saturated carbocycles. The summed E-state index contributed by atoms with van der Waals surface area (Å²) < 4.78 is 23.3. The van der Waals surface area contributed by atoms with E-state index in [4.69, 9.17) is 18.9 Å². The van der Waals surface area contributed by atoms with Crippen LogP contribution >= 0.6 is 0 Å². The largest absolute Gasteiger partial charge is 2.00 e. The summed E-state index contributed by atoms with van der Waals surface area (Å²) in [4.78, 5) is 26.8. The summed E-state index contributed by atoms with van der Waals surface area (Å²) in [6.45, 7) is 10.3. The van der Waals surface area contributed by atoms with Crippen molar-refractivity contribution in [3.63, 3.8) is 0 Å². The van der Waals surface area contributed by atoms with E-state index in [2.05, 4.69) is 82.0 Å². The molecule has 0 aliphatic carbocycles. The van der Waals surface area contributed by atoms with Crippen molar-refractivity contribution in [3.8, 4) is 35.2 Å². The van der Waals surface area contributed by atoms with Gasteiger partial charge in [0, 0.05) is 76.9 Å². The van der Waals surface area contributed by atoms with E-state index in [1.54, 1.807) is 13.8 Å². The third-order valence-corrected chi connectivity index (χ3v) is 11.2. The first-order valence-corrected chi connectivity index (χ1v) is 20.8. The van der Waals surface area contributed by atoms with Crippen molar-refractivity contribution in [1.29, 1.82) is 0 Å². The van der Waals surface area contributed by atoms with Crippen LogP contribution in [0.3, 0.4) is 0 Å². The van der Waals surface area contributed by atoms with Crippen LogP contribution in [0, 0.1) is 23.7 Å². The molecular formula is C50H52CaN2O8. The van der Waals surface area contributed by atoms with Crippen molar-refractivity contribution in [2.24, 2.45) is 0 Å². The zero-order valence-corrected chi connectivity index (χ0v) is 37.3. The van der Waals surface area contributed by atoms with Crippen molar-refractivity contribution in [1.82, 2.24) is 9.80 Å². The fourth-order valence-corrected chi connectivity index (χ4v) is 8.40. The van der Waals surface area contributed by atoms with Gasteiger partial charge in [0.25, 0.3) is 0 Å². The Kier molecular flexibility index (Phi) is 17.1. The van der Waals surface area contributed by atoms with Gasteiger partial charge in [0.2, 0.25) is 0 Å². The molecule has 6 atom stereocenters. The Morgan fingerprint density at radius 3 is 1.28 bits per heavy atom. The van der Waals surface area contributed by atoms with Crippen molar-refractivity contribution in [2.75, 3.05) is 26.2 Å². The van der Waals surface area contributed by atoms with Gasteiger partial charge >= 0.3 is 37.7 Å². The minimum Gasteiger partial charge on any atom is -0.550 e. The van der Waals surface area contributed by atoms with Crippen LogP contribution in [0.15, 0.2) is 97.1 Å². The molecule has 6 fully saturated rings. The van der Waals surface area contributed by atoms with Crippen LogP contribution in [0.25, 0.3) is 0 Å². The summed E-state index contributed by atoms with van der Waals surface area (Å²) in [6, 6.07) is 31.9. The van der Waals surface area contributed by atoms with Gasteiger partial charge in [-0.1, -0.05) is 84.6 Å². The average Bonchev–Trinajstić information content (AvgIpc) is 3.22. The van der Waals surface area contributed by atoms with Crippen molar-refractivity contribution in [3.05, 3.63) is 130 Å². The van der Waals surface area contributed by atoms with E-state index >= 15 is 0 Å². The standard InChI is InChI=1S/2C25H27NO4.Ca/c2*1-2-4-21(12-25(27)28)20-7-9-22(10-8-20)29-17-19-6-3-5-18(11-19)14-26-15-23-13-24(16-26)30-23;/h2*3,5-11,21,23-24H,12-17H2,1H3,(H,27,28);/q;;+2/p-2/t2*21-,23?,24?;/m10./s1. The van der Waals surface area contributed by atoms with E-state index in [9.17, 15) is 19.8 Å². The number of rotatable bonds is 16. The Morgan fingerprint density at radius 1 is 0.607 bits per heavy atom. The number of fused-ring (bicyclic) bond motifs is 4. The Morgan fingerprint density at radius 2 is 0.951 bits per heavy atom. The molecule has 6 heterocycles. The van der Waals surface area contributed by atoms with Crippen LogP contribution < -0.4 is 19.7 Å². The van der Waals surface area contributed by atoms with Crippen molar-refractivity contribution < 1.29 is 38.7 Å². The fourth-order valence-electron chi connectivity index (χ4n) is 8.40. The molecule has 0 radical (unpaired) electrons. The second kappa shape index (κ2) is 22.6. The molecule has 0 aromatic heterocycles. The number of carbonyl (C=O) groups is 2. The Labute approximate surface area is 389 Å². The van der Waals surface area contributed by atoms with Gasteiger partial charge in [0.1, 0.15) is 24.7 Å². The number of hydrogen-bond donors (Lipinski definition) is 0. The van der Waals surface area contributed by atoms with Crippen molar-refractivity contribution in [2.45, 2.75) is 102 Å². The van der Waals surface area contributed by atoms with E-state index in [-0.39, 0.29) is 62.4 Å². The van der Waals surface area contributed by atoms with Gasteiger partial charge in [-0.25, -0.2) is 0 Å². The maximum Gasteiger partial charge on any atom is 2.00 e. The Bertz CT molecular complexity index is 2020. The number of carboxylic acids is 2. The molecule has 11 heteroatoms. The van der Waals surface area contributed by atoms with Crippen LogP contribution in [-0.2, 0) is 45.4 Å². The summed E-state index contributed by atoms with van der Waals surface area (Å²) >= 11 is 0. The number of morpholine rings is 2. The van der Waals surface area contributed by atoms with E-state index < -0.39 is 11.9 Å². The van der Waals surface area contributed by atoms with Crippen LogP contribution in [-0.4, -0.2) is 110 Å². The molecule has 0 N–H and O–H groups in total. The molecule has 4 bridgehead atoms. The van der Waals surface area contributed by atoms with Gasteiger partial charge in [-0.05, 0) is 71.5 Å². The molecular weight excluding hydrogens is 797 g/mol. The van der Waals surface area contributed by atoms with Crippen LogP contribution in [0.2, 0.25) is 0 Å². The number of ether oxygens (including phenoxy) is 4. The zero-order valence-electron chi connectivity index (χ0n) is 35.1. The summed E-state index contributed by atoms with van der Waals surface area (Å²) in [7, 11) is 0. The Hall–Kier alpha value is -4.36. The maximum atomic E-state index is 10.9. The van der Waals surface area contributed by atoms with Gasteiger partial charge in [0.05, 0.1) is 36.3 Å². The molecule has 6 aliphatic heterocycles. The van der Waals surface area contributed by atoms with Crippen LogP contribution in [0.5, 0.6) is 11.5 Å². The topological polar surface area (TPSA) is 124 Å². The molecule has 312 valence electrons. The van der Waals surface area contributed by atoms with E-state index in [0.717, 1.165) is 73.0 Å². The number of nitrogens with zero attached hydrogens (tertiary/aromatic N) is 2. The quantitative estimate of drug-likeness (QED) is 0.117. The zero-order chi connectivity index (χ0) is 41.8. The van der Waals surface area contributed by atoms with Gasteiger partial charge in [-0.2, -0.15) is 0 Å². The van der Waals surface area contributed by atoms with Gasteiger partial charge in [-0.15, -0.1) is 11.8 Å². The van der Waals surface area contributed by atoms with Gasteiger partial charge in [-0.3, -0.25) is 9.80 Å². The summed E-state index contributed by atoms with van der Waals surface area (Å²) in [5.74, 6) is 10.00. The summed E-state index contributed by atoms with van der Waals surface area (Å²) in [5, 5.41) is 21.9. The Balaban J connectivity index is 0.000000201. The normalized spacial score (nSPS) is 20.8. The molecule has 0 amide bonds. The van der Waals surface area contributed by atoms with Crippen LogP contribution in [0.4, 0.5) is 0 Å². The summed E-state index contributed by atoms with van der Waals surface area (Å²) in [6.07, 6.45) is 3.89. The minimum absolute atomic E-state index is 0. The number of carbonyl (C=O) groups excluding carboxylic acids is 2. The number of piperidine rings is 2. The molecule has 4 aromatic rings. The molecule has 6 saturated heterocycles. The first kappa shape index (κ1) is 46.1. The predicted octanol–water partition coefficient (Wildman–Crippen LogP) is 4.59. The van der Waals surface area contributed by atoms with Gasteiger partial charge in [0.15, 0.2) is 0 Å². The van der Waals surface area contributed by atoms with E-state index in [1.165, 1.54) is 24.0 Å². The molecule has 4 unspecified atom stereocenters. The smallest absolute Gasteiger partial charge is 0.550 e. The average molecular weight is 849 g/mol. The third kappa shape index (κ3) is 13.8. The third-order valence-electron chi connectivity index (χ3n) is 11.2. The van der Waals surface area contributed by atoms with E-state index in [0.29, 0.717) is 37.6 Å². The molecule has 4 aromatic carbocycles. The molecule has 61 heavy (non-hydrogen) atoms. The molecule has 0 spiro atoms. The molecule has 6 aliphatic rings. The first-order chi connectivity index (χ1) is 29.2. The number of benzene rings is 4. The molecule has 10 nitrogen and oxygen atoms in total. The second-order valence-electron chi connectivity index (χ2n) is 16.0. The molecule has 10 rings (SSSR count). The fraction of sp³-hybridized carbons (Fsp3) is 0.400. The monoisotopic (exact) mass is 848 g/mol. The van der Waals surface area contributed by atoms with Gasteiger partial charge < -0.3 is 38.7 Å². The number of carboxylic acid groups (broad SMARTS) is 2. The maximum absolute atomic E-state index is 10.9. The van der Waals surface area contributed by atoms with E-state index in [1.807, 2.05) is 48.5 Å². The SMILES string of the molecule is CC#C[C@@H](CC(=O)[O-])c1ccc(OCc2cccc(CN3CC4CC(C3)O4)c2)cc1.CC#C[C@H](CC(=O)[O-])c1ccc(OCc2cccc(CN3CC4CC(C3)O4)c2)cc1.[Ca+2]. The predicted molar refractivity (Wildman–Crippen MR) is 229 cm³/mol. The minimum atomic E-state index is -1.10. The second-order valence-corrected chi connectivity index (χ2v) is 16.0. The summed E-state index contributed by atoms with van der Waals surface area (Å²) in [5.41, 5.74) is 6.54. The first-order valence-electron chi connectivity index (χ1n) is 20.8. The van der Waals surface area contributed by atoms with Crippen LogP contribution in [0.1, 0.15) is 84.7 Å². The number of aliphatic carboxylic acids is 2. The van der Waals surface area contributed by atoms with Crippen molar-refractivity contribution >= 4 is 49.7 Å². The number of hydrogen-bond acceptors (Lipinski definition) is 10.